The number of hydrogen-bond acceptors (Lipinski definition) is 6. The molecule has 0 saturated heterocycles. The molecule has 4 heterocycles. The summed E-state index contributed by atoms with van der Waals surface area (Å²) in [6, 6.07) is 15.5. The average Bonchev–Trinajstić information content (AvgIpc) is 3.35. The molecule has 1 aliphatic heterocycles. The molecular weight excluding hydrogens is 378 g/mol. The molecule has 5 rings (SSSR count). The topological polar surface area (TPSA) is 101 Å². The third-order valence-corrected chi connectivity index (χ3v) is 5.28. The number of anilines is 1. The number of nitrogens with one attached hydrogen (secondary N) is 1. The highest BCUT2D eigenvalue weighted by Gasteiger charge is 2.24. The van der Waals surface area contributed by atoms with E-state index in [0.717, 1.165) is 35.7 Å². The van der Waals surface area contributed by atoms with Gasteiger partial charge in [-0.05, 0) is 24.7 Å². The smallest absolute Gasteiger partial charge is 0.265 e. The molecule has 0 bridgehead atoms. The zero-order valence-corrected chi connectivity index (χ0v) is 16.5. The highest BCUT2D eigenvalue weighted by atomic mass is 16.1. The number of nitrogens with two attached hydrogens (primary N) is 1. The minimum Gasteiger partial charge on any atom is -0.366 e. The lowest BCUT2D eigenvalue weighted by Crippen LogP contribution is -2.14. The monoisotopic (exact) mass is 399 g/mol. The van der Waals surface area contributed by atoms with Gasteiger partial charge in [-0.3, -0.25) is 14.1 Å². The first kappa shape index (κ1) is 18.3. The number of pyridine rings is 1. The fourth-order valence-corrected chi connectivity index (χ4v) is 3.84. The predicted molar refractivity (Wildman–Crippen MR) is 114 cm³/mol. The first-order valence-corrected chi connectivity index (χ1v) is 9.72. The lowest BCUT2D eigenvalue weighted by molar-refractivity contribution is 0.0994. The Bertz CT molecular complexity index is 1250. The SMILES string of the molecule is CN1Cc2nc(-c3ncn4c(C(N)=O)cccc34)nc(NCc3ccccc3)c2C1. The summed E-state index contributed by atoms with van der Waals surface area (Å²) in [5.41, 5.74) is 10.5. The maximum Gasteiger partial charge on any atom is 0.265 e. The van der Waals surface area contributed by atoms with Crippen molar-refractivity contribution in [2.24, 2.45) is 5.73 Å². The van der Waals surface area contributed by atoms with Gasteiger partial charge in [0.2, 0.25) is 0 Å². The zero-order chi connectivity index (χ0) is 20.7. The van der Waals surface area contributed by atoms with Gasteiger partial charge in [-0.2, -0.15) is 0 Å². The number of carbonyl (C=O) groups is 1. The number of fused-ring (bicyclic) bond motifs is 2. The second-order valence-electron chi connectivity index (χ2n) is 7.46. The lowest BCUT2D eigenvalue weighted by Gasteiger charge is -2.12. The molecule has 4 aromatic rings. The summed E-state index contributed by atoms with van der Waals surface area (Å²) in [5, 5.41) is 3.48. The van der Waals surface area contributed by atoms with Crippen LogP contribution in [0.2, 0.25) is 0 Å². The second kappa shape index (κ2) is 7.23. The number of benzene rings is 1. The van der Waals surface area contributed by atoms with E-state index in [1.807, 2.05) is 24.3 Å². The van der Waals surface area contributed by atoms with Crippen molar-refractivity contribution in [3.63, 3.8) is 0 Å². The number of rotatable bonds is 5. The highest BCUT2D eigenvalue weighted by Crippen LogP contribution is 2.30. The molecule has 150 valence electrons. The van der Waals surface area contributed by atoms with Gasteiger partial charge in [0.25, 0.3) is 5.91 Å². The van der Waals surface area contributed by atoms with Gasteiger partial charge in [-0.15, -0.1) is 0 Å². The summed E-state index contributed by atoms with van der Waals surface area (Å²) in [4.78, 5) is 28.1. The van der Waals surface area contributed by atoms with E-state index >= 15 is 0 Å². The molecule has 0 unspecified atom stereocenters. The van der Waals surface area contributed by atoms with Crippen LogP contribution in [-0.2, 0) is 19.6 Å². The maximum atomic E-state index is 11.8. The standard InChI is InChI=1S/C22H21N7O/c1-28-11-15-16(12-28)26-22(27-21(15)24-10-14-6-3-2-4-7-14)19-17-8-5-9-18(20(23)30)29(17)13-25-19/h2-9,13H,10-12H2,1H3,(H2,23,30)(H,24,26,27). The Hall–Kier alpha value is -3.78. The van der Waals surface area contributed by atoms with E-state index < -0.39 is 5.91 Å². The number of hydrogen-bond donors (Lipinski definition) is 2. The molecule has 8 heteroatoms. The van der Waals surface area contributed by atoms with Gasteiger partial charge in [0, 0.05) is 25.2 Å². The quantitative estimate of drug-likeness (QED) is 0.535. The van der Waals surface area contributed by atoms with E-state index in [2.05, 4.69) is 34.4 Å². The number of nitrogens with zero attached hydrogens (tertiary/aromatic N) is 5. The van der Waals surface area contributed by atoms with Gasteiger partial charge in [0.05, 0.1) is 11.2 Å². The van der Waals surface area contributed by atoms with E-state index in [4.69, 9.17) is 15.7 Å². The Morgan fingerprint density at radius 1 is 1.10 bits per heavy atom. The van der Waals surface area contributed by atoms with Gasteiger partial charge in [-0.25, -0.2) is 15.0 Å². The summed E-state index contributed by atoms with van der Waals surface area (Å²) in [6.45, 7) is 2.22. The number of amides is 1. The van der Waals surface area contributed by atoms with E-state index in [-0.39, 0.29) is 0 Å². The second-order valence-corrected chi connectivity index (χ2v) is 7.46. The summed E-state index contributed by atoms with van der Waals surface area (Å²) in [7, 11) is 2.06. The van der Waals surface area contributed by atoms with Crippen LogP contribution in [0.25, 0.3) is 17.0 Å². The average molecular weight is 399 g/mol. The third-order valence-electron chi connectivity index (χ3n) is 5.28. The van der Waals surface area contributed by atoms with E-state index in [1.54, 1.807) is 22.9 Å². The first-order chi connectivity index (χ1) is 14.6. The molecule has 0 spiro atoms. The fourth-order valence-electron chi connectivity index (χ4n) is 3.84. The highest BCUT2D eigenvalue weighted by molar-refractivity contribution is 5.92. The van der Waals surface area contributed by atoms with E-state index in [9.17, 15) is 4.79 Å². The van der Waals surface area contributed by atoms with Crippen molar-refractivity contribution in [3.8, 4) is 11.5 Å². The Labute approximate surface area is 173 Å². The van der Waals surface area contributed by atoms with Crippen LogP contribution in [-0.4, -0.2) is 37.2 Å². The van der Waals surface area contributed by atoms with E-state index in [0.29, 0.717) is 23.8 Å². The van der Waals surface area contributed by atoms with Crippen molar-refractivity contribution in [2.75, 3.05) is 12.4 Å². The van der Waals surface area contributed by atoms with Gasteiger partial charge in [0.1, 0.15) is 23.5 Å². The zero-order valence-electron chi connectivity index (χ0n) is 16.5. The van der Waals surface area contributed by atoms with Crippen LogP contribution in [0.15, 0.2) is 54.9 Å². The Balaban J connectivity index is 1.58. The molecule has 8 nitrogen and oxygen atoms in total. The minimum atomic E-state index is -0.508. The minimum absolute atomic E-state index is 0.370. The molecule has 1 aliphatic rings. The van der Waals surface area contributed by atoms with Crippen LogP contribution in [0, 0.1) is 0 Å². The Morgan fingerprint density at radius 3 is 2.73 bits per heavy atom. The molecule has 0 fully saturated rings. The van der Waals surface area contributed by atoms with Crippen molar-refractivity contribution in [2.45, 2.75) is 19.6 Å². The molecule has 0 radical (unpaired) electrons. The predicted octanol–water partition coefficient (Wildman–Crippen LogP) is 2.45. The summed E-state index contributed by atoms with van der Waals surface area (Å²) in [5.74, 6) is 0.838. The third kappa shape index (κ3) is 3.17. The van der Waals surface area contributed by atoms with Gasteiger partial charge in [-0.1, -0.05) is 36.4 Å². The van der Waals surface area contributed by atoms with E-state index in [1.165, 1.54) is 5.56 Å². The fraction of sp³-hybridized carbons (Fsp3) is 0.182. The van der Waals surface area contributed by atoms with Crippen LogP contribution in [0.4, 0.5) is 5.82 Å². The number of aromatic nitrogens is 4. The van der Waals surface area contributed by atoms with Crippen LogP contribution >= 0.6 is 0 Å². The van der Waals surface area contributed by atoms with Gasteiger partial charge in [0.15, 0.2) is 5.82 Å². The molecule has 30 heavy (non-hydrogen) atoms. The Morgan fingerprint density at radius 2 is 1.93 bits per heavy atom. The maximum absolute atomic E-state index is 11.8. The van der Waals surface area contributed by atoms with Crippen molar-refractivity contribution >= 4 is 17.2 Å². The van der Waals surface area contributed by atoms with Gasteiger partial charge < -0.3 is 11.1 Å². The molecule has 0 aliphatic carbocycles. The molecule has 1 aromatic carbocycles. The summed E-state index contributed by atoms with van der Waals surface area (Å²) in [6.07, 6.45) is 1.59. The molecule has 1 amide bonds. The molecule has 0 saturated carbocycles. The van der Waals surface area contributed by atoms with Crippen molar-refractivity contribution in [3.05, 3.63) is 77.4 Å². The molecule has 3 aromatic heterocycles. The van der Waals surface area contributed by atoms with Crippen LogP contribution in [0.1, 0.15) is 27.3 Å². The largest absolute Gasteiger partial charge is 0.366 e. The van der Waals surface area contributed by atoms with Crippen LogP contribution in [0.5, 0.6) is 0 Å². The first-order valence-electron chi connectivity index (χ1n) is 9.72. The number of imidazole rings is 1. The number of carbonyl (C=O) groups excluding carboxylic acids is 1. The van der Waals surface area contributed by atoms with Crippen molar-refractivity contribution < 1.29 is 4.79 Å². The number of primary amides is 1. The molecular formula is C22H21N7O. The molecule has 3 N–H and O–H groups in total. The lowest BCUT2D eigenvalue weighted by atomic mass is 10.2. The normalized spacial score (nSPS) is 13.5. The van der Waals surface area contributed by atoms with Crippen LogP contribution < -0.4 is 11.1 Å². The molecule has 0 atom stereocenters. The van der Waals surface area contributed by atoms with Crippen molar-refractivity contribution in [1.29, 1.82) is 0 Å². The summed E-state index contributed by atoms with van der Waals surface area (Å²) < 4.78 is 1.68. The Kier molecular flexibility index (Phi) is 4.40. The van der Waals surface area contributed by atoms with Gasteiger partial charge >= 0.3 is 0 Å². The van der Waals surface area contributed by atoms with Crippen LogP contribution in [0.3, 0.4) is 0 Å². The van der Waals surface area contributed by atoms with Crippen molar-refractivity contribution in [1.82, 2.24) is 24.3 Å². The summed E-state index contributed by atoms with van der Waals surface area (Å²) >= 11 is 0.